The van der Waals surface area contributed by atoms with Crippen molar-refractivity contribution in [3.05, 3.63) is 77.0 Å². The van der Waals surface area contributed by atoms with Crippen molar-refractivity contribution < 1.29 is 9.18 Å². The molecule has 1 aliphatic rings. The molecule has 8 heteroatoms. The summed E-state index contributed by atoms with van der Waals surface area (Å²) in [7, 11) is 1.87. The van der Waals surface area contributed by atoms with E-state index >= 15 is 0 Å². The average Bonchev–Trinajstić information content (AvgIpc) is 3.26. The number of pyridine rings is 1. The molecule has 0 aliphatic carbocycles. The molecule has 0 saturated heterocycles. The molecule has 1 unspecified atom stereocenters. The number of fused-ring (bicyclic) bond motifs is 3. The number of amides is 1. The van der Waals surface area contributed by atoms with Crippen LogP contribution in [0.25, 0.3) is 11.2 Å². The Bertz CT molecular complexity index is 1290. The normalized spacial score (nSPS) is 14.7. The van der Waals surface area contributed by atoms with Crippen molar-refractivity contribution in [1.82, 2.24) is 29.4 Å². The smallest absolute Gasteiger partial charge is 0.254 e. The molecule has 164 valence electrons. The Labute approximate surface area is 185 Å². The molecular formula is C24H25FN6O. The summed E-state index contributed by atoms with van der Waals surface area (Å²) in [6, 6.07) is 7.36. The van der Waals surface area contributed by atoms with Crippen molar-refractivity contribution in [3.8, 4) is 0 Å². The molecule has 0 fully saturated rings. The van der Waals surface area contributed by atoms with Crippen LogP contribution < -0.4 is 5.32 Å². The maximum absolute atomic E-state index is 13.5. The molecule has 7 nitrogen and oxygen atoms in total. The Morgan fingerprint density at radius 1 is 1.16 bits per heavy atom. The molecule has 1 atom stereocenters. The van der Waals surface area contributed by atoms with E-state index in [4.69, 9.17) is 9.97 Å². The zero-order valence-electron chi connectivity index (χ0n) is 18.2. The molecule has 0 radical (unpaired) electrons. The number of nitrogens with zero attached hydrogens (tertiary/aromatic N) is 5. The molecule has 3 aromatic heterocycles. The van der Waals surface area contributed by atoms with Crippen molar-refractivity contribution in [2.45, 2.75) is 45.2 Å². The Kier molecular flexibility index (Phi) is 5.20. The van der Waals surface area contributed by atoms with Crippen molar-refractivity contribution >= 4 is 17.1 Å². The van der Waals surface area contributed by atoms with Crippen LogP contribution in [0.5, 0.6) is 0 Å². The number of imidazole rings is 2. The molecule has 1 aliphatic heterocycles. The number of hydrogen-bond acceptors (Lipinski definition) is 4. The van der Waals surface area contributed by atoms with Gasteiger partial charge in [0.2, 0.25) is 0 Å². The highest BCUT2D eigenvalue weighted by atomic mass is 19.1. The quantitative estimate of drug-likeness (QED) is 0.531. The lowest BCUT2D eigenvalue weighted by Crippen LogP contribution is -2.31. The van der Waals surface area contributed by atoms with Crippen LogP contribution >= 0.6 is 0 Å². The Morgan fingerprint density at radius 3 is 2.72 bits per heavy atom. The zero-order valence-corrected chi connectivity index (χ0v) is 18.2. The highest BCUT2D eigenvalue weighted by molar-refractivity contribution is 6.04. The first-order chi connectivity index (χ1) is 15.5. The second-order valence-electron chi connectivity index (χ2n) is 8.33. The number of hydrogen-bond donors (Lipinski definition) is 1. The second-order valence-corrected chi connectivity index (χ2v) is 8.33. The molecule has 4 heterocycles. The third-order valence-corrected chi connectivity index (χ3v) is 6.03. The lowest BCUT2D eigenvalue weighted by atomic mass is 10.0. The summed E-state index contributed by atoms with van der Waals surface area (Å²) in [4.78, 5) is 27.5. The fraction of sp³-hybridized carbons (Fsp3) is 0.333. The molecule has 1 aromatic carbocycles. The molecule has 0 bridgehead atoms. The van der Waals surface area contributed by atoms with Gasteiger partial charge in [-0.15, -0.1) is 0 Å². The lowest BCUT2D eigenvalue weighted by molar-refractivity contribution is 0.0942. The van der Waals surface area contributed by atoms with Crippen LogP contribution in [0.15, 0.2) is 42.7 Å². The van der Waals surface area contributed by atoms with Gasteiger partial charge in [0.15, 0.2) is 5.65 Å². The molecule has 0 saturated carbocycles. The van der Waals surface area contributed by atoms with Gasteiger partial charge in [-0.25, -0.2) is 19.3 Å². The van der Waals surface area contributed by atoms with Crippen molar-refractivity contribution in [2.24, 2.45) is 7.05 Å². The first-order valence-electron chi connectivity index (χ1n) is 10.9. The fourth-order valence-electron chi connectivity index (χ4n) is 4.41. The van der Waals surface area contributed by atoms with Crippen LogP contribution in [0.4, 0.5) is 4.39 Å². The number of nitrogens with one attached hydrogen (secondary N) is 1. The fourth-order valence-corrected chi connectivity index (χ4v) is 4.41. The van der Waals surface area contributed by atoms with Gasteiger partial charge in [-0.3, -0.25) is 4.79 Å². The number of carbonyl (C=O) groups is 1. The third kappa shape index (κ3) is 3.66. The van der Waals surface area contributed by atoms with Crippen molar-refractivity contribution in [3.63, 3.8) is 0 Å². The topological polar surface area (TPSA) is 77.6 Å². The van der Waals surface area contributed by atoms with E-state index in [-0.39, 0.29) is 11.7 Å². The molecule has 5 rings (SSSR count). The zero-order chi connectivity index (χ0) is 22.2. The SMILES string of the molecule is Cc1cc(C(=O)NC(c2ccc(F)cc2)c2nccn2C)c2nc3n(c2n1)CCCCC3. The van der Waals surface area contributed by atoms with E-state index in [1.807, 2.05) is 24.7 Å². The summed E-state index contributed by atoms with van der Waals surface area (Å²) in [5.74, 6) is 1.06. The summed E-state index contributed by atoms with van der Waals surface area (Å²) < 4.78 is 17.5. The second kappa shape index (κ2) is 8.18. The van der Waals surface area contributed by atoms with E-state index in [1.54, 1.807) is 24.4 Å². The predicted molar refractivity (Wildman–Crippen MR) is 119 cm³/mol. The molecular weight excluding hydrogens is 407 g/mol. The van der Waals surface area contributed by atoms with Crippen molar-refractivity contribution in [1.29, 1.82) is 0 Å². The van der Waals surface area contributed by atoms with Gasteiger partial charge in [0.1, 0.15) is 29.0 Å². The maximum Gasteiger partial charge on any atom is 0.254 e. The third-order valence-electron chi connectivity index (χ3n) is 6.03. The Balaban J connectivity index is 1.56. The summed E-state index contributed by atoms with van der Waals surface area (Å²) >= 11 is 0. The Hall–Kier alpha value is -3.55. The van der Waals surface area contributed by atoms with Gasteiger partial charge in [-0.05, 0) is 43.5 Å². The maximum atomic E-state index is 13.5. The van der Waals surface area contributed by atoms with E-state index in [1.165, 1.54) is 18.6 Å². The highest BCUT2D eigenvalue weighted by Crippen LogP contribution is 2.26. The predicted octanol–water partition coefficient (Wildman–Crippen LogP) is 3.86. The highest BCUT2D eigenvalue weighted by Gasteiger charge is 2.25. The molecule has 0 spiro atoms. The minimum atomic E-state index is -0.535. The van der Waals surface area contributed by atoms with Gasteiger partial charge in [0.25, 0.3) is 5.91 Å². The number of benzene rings is 1. The minimum absolute atomic E-state index is 0.258. The molecule has 1 amide bonds. The molecule has 1 N–H and O–H groups in total. The lowest BCUT2D eigenvalue weighted by Gasteiger charge is -2.19. The number of aromatic nitrogens is 5. The van der Waals surface area contributed by atoms with E-state index in [9.17, 15) is 9.18 Å². The first kappa shape index (κ1) is 20.4. The number of aryl methyl sites for hydroxylation is 4. The monoisotopic (exact) mass is 432 g/mol. The van der Waals surface area contributed by atoms with Gasteiger partial charge in [-0.2, -0.15) is 0 Å². The summed E-state index contributed by atoms with van der Waals surface area (Å²) in [6.07, 6.45) is 7.74. The van der Waals surface area contributed by atoms with Crippen LogP contribution in [0.3, 0.4) is 0 Å². The van der Waals surface area contributed by atoms with E-state index in [0.717, 1.165) is 48.5 Å². The van der Waals surface area contributed by atoms with Gasteiger partial charge in [0, 0.05) is 38.1 Å². The van der Waals surface area contributed by atoms with E-state index < -0.39 is 6.04 Å². The largest absolute Gasteiger partial charge is 0.338 e. The van der Waals surface area contributed by atoms with Crippen LogP contribution in [0.1, 0.15) is 58.6 Å². The number of carbonyl (C=O) groups excluding carboxylic acids is 1. The Morgan fingerprint density at radius 2 is 1.97 bits per heavy atom. The van der Waals surface area contributed by atoms with Crippen molar-refractivity contribution in [2.75, 3.05) is 0 Å². The van der Waals surface area contributed by atoms with Crippen LogP contribution in [0.2, 0.25) is 0 Å². The van der Waals surface area contributed by atoms with Crippen LogP contribution in [-0.2, 0) is 20.0 Å². The summed E-state index contributed by atoms with van der Waals surface area (Å²) in [6.45, 7) is 2.76. The van der Waals surface area contributed by atoms with Gasteiger partial charge in [-0.1, -0.05) is 18.6 Å². The summed E-state index contributed by atoms with van der Waals surface area (Å²) in [5, 5.41) is 3.10. The summed E-state index contributed by atoms with van der Waals surface area (Å²) in [5.41, 5.74) is 3.40. The van der Waals surface area contributed by atoms with Gasteiger partial charge < -0.3 is 14.5 Å². The average molecular weight is 433 g/mol. The molecule has 4 aromatic rings. The van der Waals surface area contributed by atoms with Crippen LogP contribution in [-0.4, -0.2) is 30.0 Å². The number of rotatable bonds is 4. The van der Waals surface area contributed by atoms with E-state index in [0.29, 0.717) is 16.9 Å². The minimum Gasteiger partial charge on any atom is -0.338 e. The van der Waals surface area contributed by atoms with Crippen LogP contribution in [0, 0.1) is 12.7 Å². The van der Waals surface area contributed by atoms with E-state index in [2.05, 4.69) is 14.9 Å². The first-order valence-corrected chi connectivity index (χ1v) is 10.9. The standard InChI is InChI=1S/C24H25FN6O/c1-15-14-18(21-23(27-15)31-12-5-3-4-6-19(31)28-21)24(32)29-20(22-26-11-13-30(22)2)16-7-9-17(25)10-8-16/h7-11,13-14,20H,3-6,12H2,1-2H3,(H,29,32). The van der Waals surface area contributed by atoms with Gasteiger partial charge >= 0.3 is 0 Å². The number of halogens is 1. The molecule has 32 heavy (non-hydrogen) atoms. The van der Waals surface area contributed by atoms with Gasteiger partial charge in [0.05, 0.1) is 5.56 Å².